The minimum atomic E-state index is -0.464. The maximum absolute atomic E-state index is 11.9. The van der Waals surface area contributed by atoms with Crippen LogP contribution in [0.2, 0.25) is 0 Å². The zero-order valence-corrected chi connectivity index (χ0v) is 14.7. The molecule has 1 aliphatic heterocycles. The molecule has 0 bridgehead atoms. The Balaban J connectivity index is 1.99. The van der Waals surface area contributed by atoms with Gasteiger partial charge in [-0.15, -0.1) is 0 Å². The fourth-order valence-electron chi connectivity index (χ4n) is 2.99. The lowest BCUT2D eigenvalue weighted by Crippen LogP contribution is -2.43. The van der Waals surface area contributed by atoms with Crippen LogP contribution in [0.5, 0.6) is 0 Å². The van der Waals surface area contributed by atoms with Gasteiger partial charge in [0.05, 0.1) is 18.5 Å². The molecule has 2 N–H and O–H groups in total. The van der Waals surface area contributed by atoms with E-state index in [2.05, 4.69) is 45.6 Å². The van der Waals surface area contributed by atoms with Gasteiger partial charge in [-0.3, -0.25) is 5.32 Å². The Hall–Kier alpha value is -2.60. The third kappa shape index (κ3) is 4.09. The standard InChI is InChI=1S/C19H24N4O2/c1-3-25-19(24)22-17-13-21-18(23-10-8-20-9-11-23)12-16(17)15-7-5-4-6-14(15)2/h4-7,12-13,20H,3,8-11H2,1-2H3,(H,22,24). The van der Waals surface area contributed by atoms with E-state index < -0.39 is 6.09 Å². The molecule has 1 aromatic carbocycles. The summed E-state index contributed by atoms with van der Waals surface area (Å²) in [5, 5.41) is 6.16. The van der Waals surface area contributed by atoms with Crippen molar-refractivity contribution in [1.82, 2.24) is 10.3 Å². The van der Waals surface area contributed by atoms with E-state index in [1.54, 1.807) is 13.1 Å². The van der Waals surface area contributed by atoms with E-state index in [0.29, 0.717) is 12.3 Å². The van der Waals surface area contributed by atoms with Gasteiger partial charge < -0.3 is 15.0 Å². The number of aryl methyl sites for hydroxylation is 1. The van der Waals surface area contributed by atoms with E-state index in [0.717, 1.165) is 48.7 Å². The van der Waals surface area contributed by atoms with Crippen molar-refractivity contribution < 1.29 is 9.53 Å². The molecular formula is C19H24N4O2. The lowest BCUT2D eigenvalue weighted by molar-refractivity contribution is 0.168. The predicted molar refractivity (Wildman–Crippen MR) is 100 cm³/mol. The molecule has 1 amide bonds. The zero-order valence-electron chi connectivity index (χ0n) is 14.7. The fraction of sp³-hybridized carbons (Fsp3) is 0.368. The number of carbonyl (C=O) groups is 1. The summed E-state index contributed by atoms with van der Waals surface area (Å²) in [4.78, 5) is 18.7. The number of benzene rings is 1. The molecule has 0 atom stereocenters. The number of carbonyl (C=O) groups excluding carboxylic acids is 1. The summed E-state index contributed by atoms with van der Waals surface area (Å²) >= 11 is 0. The number of aromatic nitrogens is 1. The lowest BCUT2D eigenvalue weighted by atomic mass is 10.00. The minimum Gasteiger partial charge on any atom is -0.450 e. The van der Waals surface area contributed by atoms with Crippen molar-refractivity contribution in [3.05, 3.63) is 42.1 Å². The van der Waals surface area contributed by atoms with Crippen molar-refractivity contribution in [1.29, 1.82) is 0 Å². The van der Waals surface area contributed by atoms with Gasteiger partial charge in [0.2, 0.25) is 0 Å². The van der Waals surface area contributed by atoms with Gasteiger partial charge in [-0.2, -0.15) is 0 Å². The van der Waals surface area contributed by atoms with Gasteiger partial charge in [0, 0.05) is 31.7 Å². The summed E-state index contributed by atoms with van der Waals surface area (Å²) in [6, 6.07) is 10.2. The molecule has 3 rings (SSSR count). The van der Waals surface area contributed by atoms with Crippen LogP contribution in [-0.4, -0.2) is 43.9 Å². The van der Waals surface area contributed by atoms with Crippen LogP contribution in [0.1, 0.15) is 12.5 Å². The molecule has 2 aromatic rings. The van der Waals surface area contributed by atoms with Crippen LogP contribution in [-0.2, 0) is 4.74 Å². The second-order valence-electron chi connectivity index (χ2n) is 5.99. The maximum Gasteiger partial charge on any atom is 0.411 e. The Bertz CT molecular complexity index is 742. The van der Waals surface area contributed by atoms with Crippen molar-refractivity contribution in [2.45, 2.75) is 13.8 Å². The first-order valence-corrected chi connectivity index (χ1v) is 8.64. The molecule has 1 saturated heterocycles. The molecule has 6 heteroatoms. The summed E-state index contributed by atoms with van der Waals surface area (Å²) in [7, 11) is 0. The second kappa shape index (κ2) is 7.98. The Labute approximate surface area is 148 Å². The highest BCUT2D eigenvalue weighted by molar-refractivity contribution is 5.92. The van der Waals surface area contributed by atoms with Crippen LogP contribution >= 0.6 is 0 Å². The summed E-state index contributed by atoms with van der Waals surface area (Å²) < 4.78 is 5.02. The Morgan fingerprint density at radius 2 is 2.04 bits per heavy atom. The average molecular weight is 340 g/mol. The SMILES string of the molecule is CCOC(=O)Nc1cnc(N2CCNCC2)cc1-c1ccccc1C. The van der Waals surface area contributed by atoms with E-state index in [1.807, 2.05) is 12.1 Å². The van der Waals surface area contributed by atoms with E-state index in [9.17, 15) is 4.79 Å². The van der Waals surface area contributed by atoms with Crippen LogP contribution in [0, 0.1) is 6.92 Å². The maximum atomic E-state index is 11.9. The molecule has 0 radical (unpaired) electrons. The summed E-state index contributed by atoms with van der Waals surface area (Å²) in [6.45, 7) is 7.92. The summed E-state index contributed by atoms with van der Waals surface area (Å²) in [5.74, 6) is 0.925. The number of pyridine rings is 1. The number of nitrogens with one attached hydrogen (secondary N) is 2. The molecule has 0 spiro atoms. The molecule has 132 valence electrons. The first-order valence-electron chi connectivity index (χ1n) is 8.64. The molecule has 25 heavy (non-hydrogen) atoms. The first kappa shape index (κ1) is 17.2. The van der Waals surface area contributed by atoms with Gasteiger partial charge in [0.15, 0.2) is 0 Å². The van der Waals surface area contributed by atoms with Crippen LogP contribution in [0.3, 0.4) is 0 Å². The molecule has 2 heterocycles. The number of anilines is 2. The second-order valence-corrected chi connectivity index (χ2v) is 5.99. The van der Waals surface area contributed by atoms with E-state index in [-0.39, 0.29) is 0 Å². The van der Waals surface area contributed by atoms with Crippen LogP contribution in [0.25, 0.3) is 11.1 Å². The number of hydrogen-bond acceptors (Lipinski definition) is 5. The van der Waals surface area contributed by atoms with Crippen LogP contribution in [0.15, 0.2) is 36.5 Å². The monoisotopic (exact) mass is 340 g/mol. The van der Waals surface area contributed by atoms with Gasteiger partial charge in [0.25, 0.3) is 0 Å². The van der Waals surface area contributed by atoms with Crippen molar-refractivity contribution in [3.63, 3.8) is 0 Å². The van der Waals surface area contributed by atoms with Crippen LogP contribution in [0.4, 0.5) is 16.3 Å². The number of rotatable bonds is 4. The molecule has 1 aromatic heterocycles. The summed E-state index contributed by atoms with van der Waals surface area (Å²) in [5.41, 5.74) is 3.83. The fourth-order valence-corrected chi connectivity index (χ4v) is 2.99. The largest absolute Gasteiger partial charge is 0.450 e. The molecule has 0 unspecified atom stereocenters. The van der Waals surface area contributed by atoms with Gasteiger partial charge >= 0.3 is 6.09 Å². The lowest BCUT2D eigenvalue weighted by Gasteiger charge is -2.29. The Morgan fingerprint density at radius 3 is 2.76 bits per heavy atom. The summed E-state index contributed by atoms with van der Waals surface area (Å²) in [6.07, 6.45) is 1.25. The highest BCUT2D eigenvalue weighted by Gasteiger charge is 2.17. The molecule has 6 nitrogen and oxygen atoms in total. The Morgan fingerprint density at radius 1 is 1.28 bits per heavy atom. The topological polar surface area (TPSA) is 66.5 Å². The molecule has 1 aliphatic rings. The normalized spacial score (nSPS) is 14.2. The van der Waals surface area contributed by atoms with Crippen molar-refractivity contribution in [3.8, 4) is 11.1 Å². The molecular weight excluding hydrogens is 316 g/mol. The Kier molecular flexibility index (Phi) is 5.50. The third-order valence-electron chi connectivity index (χ3n) is 4.28. The molecule has 1 fully saturated rings. The number of piperazine rings is 1. The van der Waals surface area contributed by atoms with Crippen molar-refractivity contribution in [2.75, 3.05) is 43.0 Å². The molecule has 0 aliphatic carbocycles. The highest BCUT2D eigenvalue weighted by atomic mass is 16.5. The van der Waals surface area contributed by atoms with Gasteiger partial charge in [-0.25, -0.2) is 9.78 Å². The third-order valence-corrected chi connectivity index (χ3v) is 4.28. The van der Waals surface area contributed by atoms with Crippen molar-refractivity contribution in [2.24, 2.45) is 0 Å². The van der Waals surface area contributed by atoms with Gasteiger partial charge in [-0.05, 0) is 31.0 Å². The van der Waals surface area contributed by atoms with E-state index >= 15 is 0 Å². The van der Waals surface area contributed by atoms with Crippen molar-refractivity contribution >= 4 is 17.6 Å². The predicted octanol–water partition coefficient (Wildman–Crippen LogP) is 3.04. The molecule has 0 saturated carbocycles. The minimum absolute atomic E-state index is 0.331. The quantitative estimate of drug-likeness (QED) is 0.895. The zero-order chi connectivity index (χ0) is 17.6. The van der Waals surface area contributed by atoms with E-state index in [1.165, 1.54) is 0 Å². The number of ether oxygens (including phenoxy) is 1. The number of amides is 1. The van der Waals surface area contributed by atoms with Gasteiger partial charge in [-0.1, -0.05) is 24.3 Å². The smallest absolute Gasteiger partial charge is 0.411 e. The van der Waals surface area contributed by atoms with E-state index in [4.69, 9.17) is 4.74 Å². The first-order chi connectivity index (χ1) is 12.2. The van der Waals surface area contributed by atoms with Crippen LogP contribution < -0.4 is 15.5 Å². The number of hydrogen-bond donors (Lipinski definition) is 2. The average Bonchev–Trinajstić information content (AvgIpc) is 2.63. The van der Waals surface area contributed by atoms with Gasteiger partial charge in [0.1, 0.15) is 5.82 Å². The highest BCUT2D eigenvalue weighted by Crippen LogP contribution is 2.33. The number of nitrogens with zero attached hydrogens (tertiary/aromatic N) is 2.